The molecule has 0 heterocycles. The molecule has 3 heteroatoms. The molecular formula is C16H18FNO. The van der Waals surface area contributed by atoms with Crippen LogP contribution in [0.3, 0.4) is 0 Å². The zero-order valence-electron chi connectivity index (χ0n) is 11.2. The second kappa shape index (κ2) is 5.85. The van der Waals surface area contributed by atoms with Crippen molar-refractivity contribution in [2.75, 3.05) is 0 Å². The lowest BCUT2D eigenvalue weighted by atomic mass is 10.0. The Morgan fingerprint density at radius 1 is 1.16 bits per heavy atom. The van der Waals surface area contributed by atoms with Gasteiger partial charge in [0.15, 0.2) is 0 Å². The van der Waals surface area contributed by atoms with Crippen molar-refractivity contribution in [3.63, 3.8) is 0 Å². The van der Waals surface area contributed by atoms with Gasteiger partial charge >= 0.3 is 0 Å². The van der Waals surface area contributed by atoms with Gasteiger partial charge in [-0.1, -0.05) is 24.3 Å². The first kappa shape index (κ1) is 13.6. The Kier molecular flexibility index (Phi) is 4.17. The van der Waals surface area contributed by atoms with Crippen LogP contribution < -0.4 is 10.5 Å². The summed E-state index contributed by atoms with van der Waals surface area (Å²) in [7, 11) is 0. The van der Waals surface area contributed by atoms with E-state index in [9.17, 15) is 4.39 Å². The number of para-hydroxylation sites is 1. The fourth-order valence-electron chi connectivity index (χ4n) is 1.96. The van der Waals surface area contributed by atoms with E-state index in [1.165, 1.54) is 6.07 Å². The molecule has 2 N–H and O–H groups in total. The van der Waals surface area contributed by atoms with Crippen LogP contribution in [0, 0.1) is 5.82 Å². The Balaban J connectivity index is 2.46. The van der Waals surface area contributed by atoms with Crippen molar-refractivity contribution >= 4 is 0 Å². The van der Waals surface area contributed by atoms with E-state index in [0.29, 0.717) is 5.56 Å². The molecule has 0 radical (unpaired) electrons. The van der Waals surface area contributed by atoms with Crippen molar-refractivity contribution in [2.45, 2.75) is 26.5 Å². The minimum absolute atomic E-state index is 0.0931. The molecule has 0 aromatic heterocycles. The zero-order valence-corrected chi connectivity index (χ0v) is 11.2. The summed E-state index contributed by atoms with van der Waals surface area (Å²) >= 11 is 0. The second-order valence-electron chi connectivity index (χ2n) is 4.67. The number of benzene rings is 2. The number of ether oxygens (including phenoxy) is 1. The van der Waals surface area contributed by atoms with Crippen LogP contribution in [0.15, 0.2) is 42.5 Å². The number of nitrogens with two attached hydrogens (primary N) is 1. The molecule has 0 spiro atoms. The van der Waals surface area contributed by atoms with E-state index in [0.717, 1.165) is 16.9 Å². The van der Waals surface area contributed by atoms with E-state index in [2.05, 4.69) is 0 Å². The zero-order chi connectivity index (χ0) is 13.8. The van der Waals surface area contributed by atoms with Gasteiger partial charge in [-0.15, -0.1) is 0 Å². The molecule has 0 saturated carbocycles. The summed E-state index contributed by atoms with van der Waals surface area (Å²) in [6.45, 7) is 4.15. The fourth-order valence-corrected chi connectivity index (χ4v) is 1.96. The molecule has 19 heavy (non-hydrogen) atoms. The van der Waals surface area contributed by atoms with Gasteiger partial charge in [-0.3, -0.25) is 0 Å². The minimum Gasteiger partial charge on any atom is -0.490 e. The van der Waals surface area contributed by atoms with E-state index in [1.807, 2.05) is 38.1 Å². The standard InChI is InChI=1S/C16H18FNO/c1-11(2)19-16-6-4-3-5-14(16)12-7-8-15(17)13(9-12)10-18/h3-9,11H,10,18H2,1-2H3. The van der Waals surface area contributed by atoms with Crippen LogP contribution in [0.1, 0.15) is 19.4 Å². The maximum absolute atomic E-state index is 13.5. The van der Waals surface area contributed by atoms with Gasteiger partial charge in [-0.05, 0) is 37.6 Å². The molecule has 0 bridgehead atoms. The summed E-state index contributed by atoms with van der Waals surface area (Å²) in [5.41, 5.74) is 7.92. The number of hydrogen-bond acceptors (Lipinski definition) is 2. The van der Waals surface area contributed by atoms with Gasteiger partial charge in [0.25, 0.3) is 0 Å². The lowest BCUT2D eigenvalue weighted by Crippen LogP contribution is -2.06. The van der Waals surface area contributed by atoms with Crippen LogP contribution in [0.2, 0.25) is 0 Å². The fraction of sp³-hybridized carbons (Fsp3) is 0.250. The molecule has 2 aromatic carbocycles. The van der Waals surface area contributed by atoms with Gasteiger partial charge in [0.1, 0.15) is 11.6 Å². The van der Waals surface area contributed by atoms with Gasteiger partial charge in [0.2, 0.25) is 0 Å². The summed E-state index contributed by atoms with van der Waals surface area (Å²) in [4.78, 5) is 0. The molecular weight excluding hydrogens is 241 g/mol. The van der Waals surface area contributed by atoms with Crippen LogP contribution in [-0.2, 0) is 6.54 Å². The van der Waals surface area contributed by atoms with Crippen LogP contribution in [0.4, 0.5) is 4.39 Å². The van der Waals surface area contributed by atoms with Crippen LogP contribution >= 0.6 is 0 Å². The van der Waals surface area contributed by atoms with Crippen LogP contribution in [-0.4, -0.2) is 6.10 Å². The highest BCUT2D eigenvalue weighted by atomic mass is 19.1. The smallest absolute Gasteiger partial charge is 0.127 e. The molecule has 0 unspecified atom stereocenters. The second-order valence-corrected chi connectivity index (χ2v) is 4.67. The highest BCUT2D eigenvalue weighted by Gasteiger charge is 2.09. The van der Waals surface area contributed by atoms with Crippen molar-refractivity contribution in [3.8, 4) is 16.9 Å². The molecule has 0 saturated heterocycles. The first-order chi connectivity index (χ1) is 9.11. The topological polar surface area (TPSA) is 35.2 Å². The van der Waals surface area contributed by atoms with E-state index in [4.69, 9.17) is 10.5 Å². The molecule has 2 rings (SSSR count). The SMILES string of the molecule is CC(C)Oc1ccccc1-c1ccc(F)c(CN)c1. The number of hydrogen-bond donors (Lipinski definition) is 1. The predicted molar refractivity (Wildman–Crippen MR) is 75.5 cm³/mol. The van der Waals surface area contributed by atoms with Crippen molar-refractivity contribution in [1.29, 1.82) is 0 Å². The first-order valence-electron chi connectivity index (χ1n) is 6.36. The van der Waals surface area contributed by atoms with Gasteiger partial charge in [0.05, 0.1) is 6.10 Å². The van der Waals surface area contributed by atoms with E-state index in [1.54, 1.807) is 12.1 Å². The van der Waals surface area contributed by atoms with Crippen LogP contribution in [0.25, 0.3) is 11.1 Å². The maximum Gasteiger partial charge on any atom is 0.127 e. The third-order valence-corrected chi connectivity index (χ3v) is 2.83. The van der Waals surface area contributed by atoms with Crippen molar-refractivity contribution in [2.24, 2.45) is 5.73 Å². The molecule has 0 fully saturated rings. The van der Waals surface area contributed by atoms with Crippen LogP contribution in [0.5, 0.6) is 5.75 Å². The van der Waals surface area contributed by atoms with Gasteiger partial charge in [-0.25, -0.2) is 4.39 Å². The highest BCUT2D eigenvalue weighted by molar-refractivity contribution is 5.71. The molecule has 0 aliphatic rings. The average molecular weight is 259 g/mol. The van der Waals surface area contributed by atoms with Crippen molar-refractivity contribution < 1.29 is 9.13 Å². The molecule has 0 amide bonds. The van der Waals surface area contributed by atoms with Crippen molar-refractivity contribution in [1.82, 2.24) is 0 Å². The summed E-state index contributed by atoms with van der Waals surface area (Å²) in [5, 5.41) is 0. The summed E-state index contributed by atoms with van der Waals surface area (Å²) in [5.74, 6) is 0.528. The summed E-state index contributed by atoms with van der Waals surface area (Å²) < 4.78 is 19.3. The lowest BCUT2D eigenvalue weighted by Gasteiger charge is -2.15. The molecule has 0 atom stereocenters. The first-order valence-corrected chi connectivity index (χ1v) is 6.36. The highest BCUT2D eigenvalue weighted by Crippen LogP contribution is 2.31. The Morgan fingerprint density at radius 2 is 1.89 bits per heavy atom. The average Bonchev–Trinajstić information content (AvgIpc) is 2.39. The van der Waals surface area contributed by atoms with Gasteiger partial charge in [-0.2, -0.15) is 0 Å². The van der Waals surface area contributed by atoms with E-state index < -0.39 is 0 Å². The Labute approximate surface area is 113 Å². The largest absolute Gasteiger partial charge is 0.490 e. The predicted octanol–water partition coefficient (Wildman–Crippen LogP) is 3.74. The monoisotopic (exact) mass is 259 g/mol. The van der Waals surface area contributed by atoms with Crippen molar-refractivity contribution in [3.05, 3.63) is 53.8 Å². The lowest BCUT2D eigenvalue weighted by molar-refractivity contribution is 0.243. The minimum atomic E-state index is -0.270. The quantitative estimate of drug-likeness (QED) is 0.907. The third kappa shape index (κ3) is 3.12. The number of rotatable bonds is 4. The molecule has 2 aromatic rings. The van der Waals surface area contributed by atoms with E-state index >= 15 is 0 Å². The molecule has 0 aliphatic carbocycles. The Bertz CT molecular complexity index is 566. The third-order valence-electron chi connectivity index (χ3n) is 2.83. The maximum atomic E-state index is 13.5. The molecule has 0 aliphatic heterocycles. The van der Waals surface area contributed by atoms with E-state index in [-0.39, 0.29) is 18.5 Å². The van der Waals surface area contributed by atoms with Gasteiger partial charge < -0.3 is 10.5 Å². The summed E-state index contributed by atoms with van der Waals surface area (Å²) in [6, 6.07) is 12.7. The summed E-state index contributed by atoms with van der Waals surface area (Å²) in [6.07, 6.45) is 0.0931. The number of halogens is 1. The molecule has 2 nitrogen and oxygen atoms in total. The Morgan fingerprint density at radius 3 is 2.58 bits per heavy atom. The Hall–Kier alpha value is -1.87. The normalized spacial score (nSPS) is 10.8. The van der Waals surface area contributed by atoms with Gasteiger partial charge in [0, 0.05) is 17.7 Å². The molecule has 100 valence electrons.